The first kappa shape index (κ1) is 13.5. The summed E-state index contributed by atoms with van der Waals surface area (Å²) < 4.78 is 0. The van der Waals surface area contributed by atoms with E-state index in [9.17, 15) is 0 Å². The number of benzene rings is 1. The Hall–Kier alpha value is -0.606. The van der Waals surface area contributed by atoms with Gasteiger partial charge in [-0.2, -0.15) is 0 Å². The van der Waals surface area contributed by atoms with Crippen LogP contribution < -0.4 is 0 Å². The second-order valence-corrected chi connectivity index (χ2v) is 22.8. The van der Waals surface area contributed by atoms with Crippen LogP contribution in [0.15, 0.2) is 36.0 Å². The fourth-order valence-corrected chi connectivity index (χ4v) is 5.17. The van der Waals surface area contributed by atoms with E-state index in [1.807, 2.05) is 0 Å². The molecule has 0 aliphatic carbocycles. The molecule has 0 saturated carbocycles. The molecule has 1 aromatic carbocycles. The number of rotatable bonds is 3. The maximum absolute atomic E-state index is 2.59. The first-order valence-corrected chi connectivity index (χ1v) is 13.6. The lowest BCUT2D eigenvalue weighted by atomic mass is 10.1. The molecule has 2 heteroatoms. The van der Waals surface area contributed by atoms with Gasteiger partial charge in [0.05, 0.1) is 7.59 Å². The lowest BCUT2D eigenvalue weighted by Crippen LogP contribution is -2.51. The van der Waals surface area contributed by atoms with Crippen molar-refractivity contribution in [1.29, 1.82) is 0 Å². The van der Waals surface area contributed by atoms with Crippen LogP contribution in [0, 0.1) is 0 Å². The van der Waals surface area contributed by atoms with Crippen molar-refractivity contribution in [2.45, 2.75) is 39.7 Å². The van der Waals surface area contributed by atoms with Crippen LogP contribution in [0.5, 0.6) is 0 Å². The summed E-state index contributed by atoms with van der Waals surface area (Å²) in [5, 5.41) is 0. The van der Waals surface area contributed by atoms with Gasteiger partial charge in [0.25, 0.3) is 0 Å². The Morgan fingerprint density at radius 2 is 1.44 bits per heavy atom. The van der Waals surface area contributed by atoms with Gasteiger partial charge in [-0.25, -0.2) is 0 Å². The zero-order valence-corrected chi connectivity index (χ0v) is 13.5. The van der Waals surface area contributed by atoms with Gasteiger partial charge in [-0.1, -0.05) is 74.3 Å². The minimum absolute atomic E-state index is 1.02. The van der Waals surface area contributed by atoms with E-state index >= 15 is 0 Å². The zero-order valence-electron chi connectivity index (χ0n) is 11.5. The molecular formula is C14H24Si2. The van der Waals surface area contributed by atoms with Crippen LogP contribution >= 0.6 is 0 Å². The van der Waals surface area contributed by atoms with E-state index < -0.39 is 15.2 Å². The van der Waals surface area contributed by atoms with Crippen LogP contribution in [0.2, 0.25) is 32.7 Å². The molecule has 0 radical (unpaired) electrons. The van der Waals surface area contributed by atoms with Gasteiger partial charge in [-0.05, 0) is 12.5 Å². The predicted octanol–water partition coefficient (Wildman–Crippen LogP) is 4.75. The summed E-state index contributed by atoms with van der Waals surface area (Å²) in [5.74, 6) is 0. The van der Waals surface area contributed by atoms with Crippen molar-refractivity contribution in [3.8, 4) is 0 Å². The Morgan fingerprint density at radius 3 is 1.88 bits per heavy atom. The highest BCUT2D eigenvalue weighted by molar-refractivity contribution is 7.42. The van der Waals surface area contributed by atoms with E-state index in [4.69, 9.17) is 0 Å². The van der Waals surface area contributed by atoms with Crippen molar-refractivity contribution in [1.82, 2.24) is 0 Å². The number of allylic oxidation sites excluding steroid dienone is 1. The van der Waals surface area contributed by atoms with Gasteiger partial charge in [0.15, 0.2) is 0 Å². The molecule has 0 unspecified atom stereocenters. The van der Waals surface area contributed by atoms with Crippen molar-refractivity contribution >= 4 is 20.8 Å². The molecule has 0 atom stereocenters. The summed E-state index contributed by atoms with van der Waals surface area (Å²) in [6.07, 6.45) is 0. The van der Waals surface area contributed by atoms with Gasteiger partial charge in [0, 0.05) is 7.59 Å². The smallest absolute Gasteiger partial charge is 0.0648 e. The maximum atomic E-state index is 2.59. The molecule has 0 fully saturated rings. The molecule has 1 rings (SSSR count). The van der Waals surface area contributed by atoms with Crippen molar-refractivity contribution in [3.63, 3.8) is 0 Å². The summed E-state index contributed by atoms with van der Waals surface area (Å²) in [6, 6.07) is 10.7. The second kappa shape index (κ2) is 4.72. The van der Waals surface area contributed by atoms with Crippen LogP contribution in [0.4, 0.5) is 0 Å². The molecule has 88 valence electrons. The number of hydrogen-bond donors (Lipinski definition) is 0. The highest BCUT2D eigenvalue weighted by Gasteiger charge is 2.34. The third kappa shape index (κ3) is 3.19. The highest BCUT2D eigenvalue weighted by atomic mass is 29.3. The van der Waals surface area contributed by atoms with Gasteiger partial charge in [-0.15, -0.1) is 0 Å². The molecule has 0 N–H and O–H groups in total. The van der Waals surface area contributed by atoms with E-state index in [-0.39, 0.29) is 0 Å². The lowest BCUT2D eigenvalue weighted by molar-refractivity contribution is 1.57. The topological polar surface area (TPSA) is 0 Å². The maximum Gasteiger partial charge on any atom is 0.0648 e. The molecule has 0 spiro atoms. The standard InChI is InChI=1S/C14H24Si2/c1-13(14-10-8-7-9-11-14)12-16(5,6)15(2,3)4/h7-12H,1-6H3/b13-12+. The predicted molar refractivity (Wildman–Crippen MR) is 80.9 cm³/mol. The Bertz CT molecular complexity index is 369. The quantitative estimate of drug-likeness (QED) is 0.677. The van der Waals surface area contributed by atoms with Crippen LogP contribution in [0.3, 0.4) is 0 Å². The van der Waals surface area contributed by atoms with Crippen molar-refractivity contribution < 1.29 is 0 Å². The fraction of sp³-hybridized carbons (Fsp3) is 0.429. The minimum atomic E-state index is -1.17. The molecule has 0 heterocycles. The van der Waals surface area contributed by atoms with E-state index in [2.05, 4.69) is 75.7 Å². The van der Waals surface area contributed by atoms with Crippen molar-refractivity contribution in [3.05, 3.63) is 41.6 Å². The van der Waals surface area contributed by atoms with E-state index in [0.29, 0.717) is 0 Å². The van der Waals surface area contributed by atoms with Crippen LogP contribution in [-0.4, -0.2) is 15.2 Å². The molecule has 0 nitrogen and oxygen atoms in total. The Morgan fingerprint density at radius 1 is 0.938 bits per heavy atom. The average Bonchev–Trinajstić information content (AvgIpc) is 2.16. The van der Waals surface area contributed by atoms with Crippen molar-refractivity contribution in [2.75, 3.05) is 0 Å². The molecule has 0 aliphatic rings. The molecule has 0 bridgehead atoms. The third-order valence-corrected chi connectivity index (χ3v) is 20.8. The molecule has 0 aromatic heterocycles. The monoisotopic (exact) mass is 248 g/mol. The Kier molecular flexibility index (Phi) is 3.97. The third-order valence-electron chi connectivity index (χ3n) is 3.74. The van der Waals surface area contributed by atoms with Gasteiger partial charge in [0.1, 0.15) is 0 Å². The summed E-state index contributed by atoms with van der Waals surface area (Å²) >= 11 is 0. The molecule has 0 saturated heterocycles. The molecule has 0 aliphatic heterocycles. The fourth-order valence-electron chi connectivity index (χ4n) is 1.54. The Labute approximate surface area is 102 Å². The first-order valence-electron chi connectivity index (χ1n) is 5.99. The van der Waals surface area contributed by atoms with Crippen LogP contribution in [0.25, 0.3) is 5.57 Å². The van der Waals surface area contributed by atoms with E-state index in [1.165, 1.54) is 11.1 Å². The minimum Gasteiger partial charge on any atom is -0.0936 e. The highest BCUT2D eigenvalue weighted by Crippen LogP contribution is 2.24. The largest absolute Gasteiger partial charge is 0.0936 e. The SMILES string of the molecule is C/C(=C\[Si](C)(C)[Si](C)(C)C)c1ccccc1. The van der Waals surface area contributed by atoms with Gasteiger partial charge in [-0.3, -0.25) is 0 Å². The molecular weight excluding hydrogens is 224 g/mol. The molecule has 0 amide bonds. The first-order chi connectivity index (χ1) is 7.24. The summed E-state index contributed by atoms with van der Waals surface area (Å²) in [7, 11) is -2.19. The van der Waals surface area contributed by atoms with E-state index in [1.54, 1.807) is 0 Å². The van der Waals surface area contributed by atoms with Crippen molar-refractivity contribution in [2.24, 2.45) is 0 Å². The van der Waals surface area contributed by atoms with Gasteiger partial charge >= 0.3 is 0 Å². The van der Waals surface area contributed by atoms with Crippen LogP contribution in [0.1, 0.15) is 12.5 Å². The lowest BCUT2D eigenvalue weighted by Gasteiger charge is -2.33. The number of hydrogen-bond acceptors (Lipinski definition) is 0. The molecule has 16 heavy (non-hydrogen) atoms. The molecule has 1 aromatic rings. The average molecular weight is 249 g/mol. The normalized spacial score (nSPS) is 14.0. The van der Waals surface area contributed by atoms with Crippen LogP contribution in [-0.2, 0) is 0 Å². The summed E-state index contributed by atoms with van der Waals surface area (Å²) in [5.41, 5.74) is 5.43. The summed E-state index contributed by atoms with van der Waals surface area (Å²) in [4.78, 5) is 0. The van der Waals surface area contributed by atoms with E-state index in [0.717, 1.165) is 0 Å². The van der Waals surface area contributed by atoms with Gasteiger partial charge in [0.2, 0.25) is 0 Å². The second-order valence-electron chi connectivity index (χ2n) is 6.17. The zero-order chi connectivity index (χ0) is 12.4. The van der Waals surface area contributed by atoms with Gasteiger partial charge < -0.3 is 0 Å². The Balaban J connectivity index is 3.03. The summed E-state index contributed by atoms with van der Waals surface area (Å²) in [6.45, 7) is 14.7.